The Morgan fingerprint density at radius 2 is 0.909 bits per heavy atom. The Hall–Kier alpha value is -0.160. The van der Waals surface area contributed by atoms with Gasteiger partial charge in [-0.05, 0) is 48.3 Å². The first kappa shape index (κ1) is 40.0. The molecule has 2 aromatic carbocycles. The third-order valence-corrected chi connectivity index (χ3v) is 11.0. The highest BCUT2D eigenvalue weighted by atomic mass is 32.1. The first-order valence-electron chi connectivity index (χ1n) is 18.1. The summed E-state index contributed by atoms with van der Waals surface area (Å²) in [6, 6.07) is 22.3. The molecule has 4 heteroatoms. The van der Waals surface area contributed by atoms with Gasteiger partial charge in [-0.2, -0.15) is 50.5 Å². The van der Waals surface area contributed by atoms with Crippen LogP contribution in [0.1, 0.15) is 158 Å². The average molecular weight is 673 g/mol. The fourth-order valence-corrected chi connectivity index (χ4v) is 8.25. The molecule has 44 heavy (non-hydrogen) atoms. The van der Waals surface area contributed by atoms with Gasteiger partial charge in [0.15, 0.2) is 0 Å². The maximum Gasteiger partial charge on any atom is 0.0385 e. The Balaban J connectivity index is 2.00. The summed E-state index contributed by atoms with van der Waals surface area (Å²) in [5.41, 5.74) is 2.57. The molecule has 0 aliphatic rings. The quantitative estimate of drug-likeness (QED) is 0.0480. The number of hydrogen-bond donors (Lipinski definition) is 4. The van der Waals surface area contributed by atoms with Crippen molar-refractivity contribution in [1.29, 1.82) is 0 Å². The summed E-state index contributed by atoms with van der Waals surface area (Å²) in [7, 11) is 0. The third-order valence-electron chi connectivity index (χ3n) is 9.44. The van der Waals surface area contributed by atoms with E-state index in [4.69, 9.17) is 25.3 Å². The summed E-state index contributed by atoms with van der Waals surface area (Å²) < 4.78 is 0. The van der Waals surface area contributed by atoms with Gasteiger partial charge < -0.3 is 0 Å². The fourth-order valence-electron chi connectivity index (χ4n) is 6.83. The van der Waals surface area contributed by atoms with E-state index in [0.29, 0.717) is 0 Å². The van der Waals surface area contributed by atoms with Crippen LogP contribution in [0.4, 0.5) is 0 Å². The van der Waals surface area contributed by atoms with E-state index in [0.717, 1.165) is 24.3 Å². The maximum atomic E-state index is 5.42. The number of hydrogen-bond acceptors (Lipinski definition) is 4. The molecule has 2 radical (unpaired) electrons. The molecule has 0 N–H and O–H groups in total. The molecular weight excluding hydrogens is 609 g/mol. The zero-order valence-electron chi connectivity index (χ0n) is 27.7. The van der Waals surface area contributed by atoms with Gasteiger partial charge >= 0.3 is 0 Å². The highest BCUT2D eigenvalue weighted by Gasteiger charge is 2.45. The lowest BCUT2D eigenvalue weighted by molar-refractivity contribution is 0.359. The predicted octanol–water partition coefficient (Wildman–Crippen LogP) is 13.7. The largest absolute Gasteiger partial charge is 0.179 e. The molecule has 0 amide bonds. The summed E-state index contributed by atoms with van der Waals surface area (Å²) in [4.78, 5) is 0. The normalized spacial score (nSPS) is 13.8. The number of thiol groups is 4. The third kappa shape index (κ3) is 15.6. The van der Waals surface area contributed by atoms with Crippen molar-refractivity contribution in [1.82, 2.24) is 0 Å². The Kier molecular flexibility index (Phi) is 24.4. The molecule has 2 atom stereocenters. The topological polar surface area (TPSA) is 0 Å². The van der Waals surface area contributed by atoms with Crippen LogP contribution in [0.2, 0.25) is 0 Å². The lowest BCUT2D eigenvalue weighted by Gasteiger charge is -2.45. The molecule has 0 aliphatic carbocycles. The van der Waals surface area contributed by atoms with E-state index in [2.05, 4.69) is 91.7 Å². The Labute approximate surface area is 295 Å². The van der Waals surface area contributed by atoms with Crippen LogP contribution in [0.3, 0.4) is 0 Å². The monoisotopic (exact) mass is 672 g/mol. The minimum Gasteiger partial charge on any atom is -0.179 e. The minimum absolute atomic E-state index is 0.159. The van der Waals surface area contributed by atoms with Gasteiger partial charge in [0.1, 0.15) is 0 Å². The van der Waals surface area contributed by atoms with Crippen LogP contribution in [0.15, 0.2) is 60.7 Å². The Bertz CT molecular complexity index is 889. The summed E-state index contributed by atoms with van der Waals surface area (Å²) >= 11 is 19.0. The van der Waals surface area contributed by atoms with Crippen molar-refractivity contribution < 1.29 is 0 Å². The molecular formula is C40H64S4. The first-order chi connectivity index (χ1) is 21.7. The molecule has 0 aliphatic heterocycles. The number of benzene rings is 2. The maximum absolute atomic E-state index is 5.42. The molecule has 0 spiro atoms. The van der Waals surface area contributed by atoms with E-state index in [-0.39, 0.29) is 11.3 Å². The fraction of sp³-hybridized carbons (Fsp3) is 0.650. The van der Waals surface area contributed by atoms with Gasteiger partial charge in [-0.1, -0.05) is 176 Å². The Morgan fingerprint density at radius 1 is 0.523 bits per heavy atom. The molecule has 2 rings (SSSR count). The van der Waals surface area contributed by atoms with Gasteiger partial charge in [0, 0.05) is 22.3 Å². The van der Waals surface area contributed by atoms with E-state index in [1.54, 1.807) is 0 Å². The van der Waals surface area contributed by atoms with Gasteiger partial charge in [0.05, 0.1) is 0 Å². The predicted molar refractivity (Wildman–Crippen MR) is 212 cm³/mol. The first-order valence-corrected chi connectivity index (χ1v) is 20.3. The van der Waals surface area contributed by atoms with E-state index in [9.17, 15) is 0 Å². The van der Waals surface area contributed by atoms with Crippen LogP contribution in [0.5, 0.6) is 0 Å². The van der Waals surface area contributed by atoms with Crippen LogP contribution in [0.25, 0.3) is 0 Å². The van der Waals surface area contributed by atoms with Gasteiger partial charge in [0.2, 0.25) is 0 Å². The molecule has 2 aromatic rings. The average Bonchev–Trinajstić information content (AvgIpc) is 3.06. The Morgan fingerprint density at radius 3 is 1.34 bits per heavy atom. The summed E-state index contributed by atoms with van der Waals surface area (Å²) in [5, 5.41) is 1.34. The van der Waals surface area contributed by atoms with Crippen molar-refractivity contribution in [2.24, 2.45) is 0 Å². The second kappa shape index (κ2) is 26.9. The van der Waals surface area contributed by atoms with Crippen molar-refractivity contribution in [3.05, 3.63) is 82.8 Å². The van der Waals surface area contributed by atoms with Gasteiger partial charge in [-0.3, -0.25) is 0 Å². The smallest absolute Gasteiger partial charge is 0.0385 e. The van der Waals surface area contributed by atoms with E-state index < -0.39 is 0 Å². The standard InChI is InChI=1S/C40H64S4/c41-33-25-15-11-7-3-1-5-9-13-23-31-39(44)40(37-29-21-18-22-30-37,38(35-43)36-27-19-17-20-28-36)32-24-14-10-6-2-4-8-12-16-26-34-42/h17-22,27-30,35,38,41-44H,1-16,23-26,31-34H2. The van der Waals surface area contributed by atoms with Crippen LogP contribution in [-0.2, 0) is 5.41 Å². The zero-order valence-corrected chi connectivity index (χ0v) is 31.3. The number of unbranched alkanes of at least 4 members (excludes halogenated alkanes) is 18. The molecule has 0 saturated heterocycles. The van der Waals surface area contributed by atoms with E-state index in [1.807, 2.05) is 0 Å². The van der Waals surface area contributed by atoms with Crippen molar-refractivity contribution in [3.8, 4) is 0 Å². The van der Waals surface area contributed by atoms with Crippen molar-refractivity contribution >= 4 is 50.5 Å². The number of rotatable bonds is 29. The highest BCUT2D eigenvalue weighted by Crippen LogP contribution is 2.54. The molecule has 0 heterocycles. The lowest BCUT2D eigenvalue weighted by Crippen LogP contribution is -2.38. The van der Waals surface area contributed by atoms with Crippen LogP contribution < -0.4 is 0 Å². The molecule has 248 valence electrons. The van der Waals surface area contributed by atoms with E-state index in [1.165, 1.54) is 145 Å². The summed E-state index contributed by atoms with van der Waals surface area (Å²) in [6.45, 7) is 0. The molecule has 0 fully saturated rings. The second-order valence-electron chi connectivity index (χ2n) is 12.8. The van der Waals surface area contributed by atoms with Crippen LogP contribution >= 0.6 is 50.5 Å². The molecule has 0 saturated carbocycles. The lowest BCUT2D eigenvalue weighted by atomic mass is 9.62. The minimum atomic E-state index is -0.159. The molecule has 2 unspecified atom stereocenters. The molecule has 0 bridgehead atoms. The van der Waals surface area contributed by atoms with Crippen molar-refractivity contribution in [2.75, 3.05) is 11.5 Å². The summed E-state index contributed by atoms with van der Waals surface area (Å²) in [5.74, 6) is 4.40. The van der Waals surface area contributed by atoms with Gasteiger partial charge in [-0.25, -0.2) is 0 Å². The SMILES string of the molecule is S[CH]C(c1ccccc1)C(CCCCCCCCCCCCS)([C](S)CCCCCCCCCCCCS)c1ccccc1. The van der Waals surface area contributed by atoms with Crippen LogP contribution in [-0.4, -0.2) is 11.5 Å². The van der Waals surface area contributed by atoms with Crippen LogP contribution in [0, 0.1) is 11.0 Å². The van der Waals surface area contributed by atoms with Crippen molar-refractivity contribution in [2.45, 2.75) is 153 Å². The zero-order chi connectivity index (χ0) is 31.6. The van der Waals surface area contributed by atoms with Crippen molar-refractivity contribution in [3.63, 3.8) is 0 Å². The van der Waals surface area contributed by atoms with Gasteiger partial charge in [-0.15, -0.1) is 0 Å². The molecule has 0 aromatic heterocycles. The van der Waals surface area contributed by atoms with E-state index >= 15 is 0 Å². The highest BCUT2D eigenvalue weighted by molar-refractivity contribution is 7.83. The molecule has 0 nitrogen and oxygen atoms in total. The summed E-state index contributed by atoms with van der Waals surface area (Å²) in [6.07, 6.45) is 28.9. The van der Waals surface area contributed by atoms with Gasteiger partial charge in [0.25, 0.3) is 0 Å². The second-order valence-corrected chi connectivity index (χ2v) is 14.6.